The second-order valence-electron chi connectivity index (χ2n) is 4.59. The van der Waals surface area contributed by atoms with E-state index >= 15 is 0 Å². The van der Waals surface area contributed by atoms with E-state index in [1.54, 1.807) is 0 Å². The lowest BCUT2D eigenvalue weighted by Gasteiger charge is -2.23. The molecule has 0 radical (unpaired) electrons. The van der Waals surface area contributed by atoms with Gasteiger partial charge in [0.05, 0.1) is 17.8 Å². The lowest BCUT2D eigenvalue weighted by molar-refractivity contribution is -0.137. The molecule has 1 heterocycles. The van der Waals surface area contributed by atoms with Gasteiger partial charge < -0.3 is 20.8 Å². The van der Waals surface area contributed by atoms with Crippen LogP contribution in [0.5, 0.6) is 0 Å². The van der Waals surface area contributed by atoms with Crippen LogP contribution >= 0.6 is 0 Å². The largest absolute Gasteiger partial charge is 0.418 e. The number of alkyl halides is 3. The summed E-state index contributed by atoms with van der Waals surface area (Å²) in [5.41, 5.74) is 4.90. The highest BCUT2D eigenvalue weighted by Gasteiger charge is 2.38. The summed E-state index contributed by atoms with van der Waals surface area (Å²) in [5, 5.41) is 18.9. The zero-order valence-electron chi connectivity index (χ0n) is 10.1. The Kier molecular flexibility index (Phi) is 3.71. The van der Waals surface area contributed by atoms with Crippen LogP contribution in [-0.2, 0) is 12.7 Å². The third-order valence-electron chi connectivity index (χ3n) is 3.20. The molecule has 1 aliphatic rings. The quantitative estimate of drug-likeness (QED) is 0.744. The average Bonchev–Trinajstić information content (AvgIpc) is 2.67. The molecule has 1 aromatic carbocycles. The number of aliphatic hydroxyl groups is 2. The minimum absolute atomic E-state index is 0.0216. The molecule has 2 atom stereocenters. The number of nitrogens with two attached hydrogens (primary N) is 1. The normalized spacial score (nSPS) is 24.0. The van der Waals surface area contributed by atoms with Gasteiger partial charge in [0.2, 0.25) is 0 Å². The van der Waals surface area contributed by atoms with Crippen molar-refractivity contribution in [2.75, 3.05) is 18.0 Å². The fraction of sp³-hybridized carbons (Fsp3) is 0.500. The van der Waals surface area contributed by atoms with Gasteiger partial charge in [-0.05, 0) is 17.7 Å². The van der Waals surface area contributed by atoms with Crippen LogP contribution in [0, 0.1) is 0 Å². The van der Waals surface area contributed by atoms with Gasteiger partial charge in [0, 0.05) is 25.3 Å². The Balaban J connectivity index is 2.40. The van der Waals surface area contributed by atoms with Gasteiger partial charge in [-0.1, -0.05) is 6.07 Å². The van der Waals surface area contributed by atoms with Gasteiger partial charge in [-0.25, -0.2) is 0 Å². The van der Waals surface area contributed by atoms with E-state index in [0.29, 0.717) is 5.56 Å². The summed E-state index contributed by atoms with van der Waals surface area (Å²) in [4.78, 5) is 1.33. The second-order valence-corrected chi connectivity index (χ2v) is 4.59. The number of hydrogen-bond acceptors (Lipinski definition) is 4. The van der Waals surface area contributed by atoms with Crippen LogP contribution in [0.2, 0.25) is 0 Å². The second kappa shape index (κ2) is 4.99. The van der Waals surface area contributed by atoms with E-state index in [-0.39, 0.29) is 25.3 Å². The molecule has 1 aliphatic heterocycles. The summed E-state index contributed by atoms with van der Waals surface area (Å²) in [7, 11) is 0. The van der Waals surface area contributed by atoms with Gasteiger partial charge in [0.15, 0.2) is 0 Å². The number of halogens is 3. The molecule has 106 valence electrons. The first kappa shape index (κ1) is 14.1. The minimum atomic E-state index is -4.50. The zero-order valence-corrected chi connectivity index (χ0v) is 10.1. The van der Waals surface area contributed by atoms with Crippen molar-refractivity contribution in [3.05, 3.63) is 29.3 Å². The Bertz CT molecular complexity index is 455. The molecule has 4 N–H and O–H groups in total. The van der Waals surface area contributed by atoms with Crippen molar-refractivity contribution in [1.82, 2.24) is 0 Å². The molecule has 0 spiro atoms. The average molecular weight is 276 g/mol. The van der Waals surface area contributed by atoms with Crippen molar-refractivity contribution < 1.29 is 23.4 Å². The number of rotatable bonds is 2. The van der Waals surface area contributed by atoms with Gasteiger partial charge >= 0.3 is 6.18 Å². The summed E-state index contributed by atoms with van der Waals surface area (Å²) in [6.07, 6.45) is -6.57. The Morgan fingerprint density at radius 1 is 1.21 bits per heavy atom. The Labute approximate surface area is 108 Å². The highest BCUT2D eigenvalue weighted by molar-refractivity contribution is 5.57. The van der Waals surface area contributed by atoms with Gasteiger partial charge in [-0.15, -0.1) is 0 Å². The monoisotopic (exact) mass is 276 g/mol. The van der Waals surface area contributed by atoms with E-state index < -0.39 is 23.9 Å². The number of benzene rings is 1. The van der Waals surface area contributed by atoms with Gasteiger partial charge in [0.1, 0.15) is 0 Å². The lowest BCUT2D eigenvalue weighted by atomic mass is 10.1. The summed E-state index contributed by atoms with van der Waals surface area (Å²) in [6.45, 7) is -0.0208. The van der Waals surface area contributed by atoms with E-state index in [1.165, 1.54) is 17.0 Å². The molecule has 2 unspecified atom stereocenters. The number of hydrogen-bond donors (Lipinski definition) is 3. The fourth-order valence-corrected chi connectivity index (χ4v) is 2.18. The molecule has 2 rings (SSSR count). The minimum Gasteiger partial charge on any atom is -0.389 e. The number of aliphatic hydroxyl groups excluding tert-OH is 2. The first-order valence-electron chi connectivity index (χ1n) is 5.84. The maximum Gasteiger partial charge on any atom is 0.418 e. The van der Waals surface area contributed by atoms with E-state index in [2.05, 4.69) is 0 Å². The summed E-state index contributed by atoms with van der Waals surface area (Å²) in [6, 6.07) is 3.85. The van der Waals surface area contributed by atoms with Crippen molar-refractivity contribution in [2.24, 2.45) is 5.73 Å². The molecule has 4 nitrogen and oxygen atoms in total. The Morgan fingerprint density at radius 2 is 1.79 bits per heavy atom. The third-order valence-corrected chi connectivity index (χ3v) is 3.20. The van der Waals surface area contributed by atoms with Gasteiger partial charge in [0.25, 0.3) is 0 Å². The highest BCUT2D eigenvalue weighted by Crippen LogP contribution is 2.38. The van der Waals surface area contributed by atoms with Crippen LogP contribution < -0.4 is 10.6 Å². The number of nitrogens with zero attached hydrogens (tertiary/aromatic N) is 1. The SMILES string of the molecule is NCc1ccc(N2CC(O)C(O)C2)c(C(F)(F)F)c1. The molecule has 0 bridgehead atoms. The van der Waals surface area contributed by atoms with E-state index in [4.69, 9.17) is 5.73 Å². The molecule has 0 amide bonds. The van der Waals surface area contributed by atoms with E-state index in [9.17, 15) is 23.4 Å². The Hall–Kier alpha value is -1.31. The predicted molar refractivity (Wildman–Crippen MR) is 63.6 cm³/mol. The smallest absolute Gasteiger partial charge is 0.389 e. The lowest BCUT2D eigenvalue weighted by Crippen LogP contribution is -2.24. The van der Waals surface area contributed by atoms with Crippen molar-refractivity contribution in [3.8, 4) is 0 Å². The Morgan fingerprint density at radius 3 is 2.26 bits per heavy atom. The van der Waals surface area contributed by atoms with Crippen molar-refractivity contribution in [3.63, 3.8) is 0 Å². The van der Waals surface area contributed by atoms with Crippen LogP contribution in [0.15, 0.2) is 18.2 Å². The van der Waals surface area contributed by atoms with Crippen LogP contribution in [0.4, 0.5) is 18.9 Å². The van der Waals surface area contributed by atoms with Crippen LogP contribution in [-0.4, -0.2) is 35.5 Å². The van der Waals surface area contributed by atoms with E-state index in [0.717, 1.165) is 6.07 Å². The molecular formula is C12H15F3N2O2. The summed E-state index contributed by atoms with van der Waals surface area (Å²) >= 11 is 0. The molecular weight excluding hydrogens is 261 g/mol. The molecule has 7 heteroatoms. The van der Waals surface area contributed by atoms with Crippen molar-refractivity contribution >= 4 is 5.69 Å². The topological polar surface area (TPSA) is 69.7 Å². The summed E-state index contributed by atoms with van der Waals surface area (Å²) < 4.78 is 39.1. The molecule has 1 aromatic rings. The maximum absolute atomic E-state index is 13.0. The van der Waals surface area contributed by atoms with Gasteiger partial charge in [-0.2, -0.15) is 13.2 Å². The molecule has 1 fully saturated rings. The fourth-order valence-electron chi connectivity index (χ4n) is 2.18. The van der Waals surface area contributed by atoms with Crippen LogP contribution in [0.1, 0.15) is 11.1 Å². The first-order chi connectivity index (χ1) is 8.82. The standard InChI is InChI=1S/C12H15F3N2O2/c13-12(14,15)8-3-7(4-16)1-2-9(8)17-5-10(18)11(19)6-17/h1-3,10-11,18-19H,4-6,16H2. The number of β-amino-alcohol motifs (C(OH)–C–C–N with tert-alkyl or cyclic N) is 2. The predicted octanol–water partition coefficient (Wildman–Crippen LogP) is 0.706. The molecule has 0 saturated carbocycles. The van der Waals surface area contributed by atoms with Crippen LogP contribution in [0.25, 0.3) is 0 Å². The number of anilines is 1. The molecule has 19 heavy (non-hydrogen) atoms. The molecule has 0 aliphatic carbocycles. The molecule has 0 aromatic heterocycles. The first-order valence-corrected chi connectivity index (χ1v) is 5.84. The van der Waals surface area contributed by atoms with Crippen molar-refractivity contribution in [2.45, 2.75) is 24.9 Å². The summed E-state index contributed by atoms with van der Waals surface area (Å²) in [5.74, 6) is 0. The zero-order chi connectivity index (χ0) is 14.2. The van der Waals surface area contributed by atoms with E-state index in [1.807, 2.05) is 0 Å². The van der Waals surface area contributed by atoms with Crippen molar-refractivity contribution in [1.29, 1.82) is 0 Å². The van der Waals surface area contributed by atoms with Gasteiger partial charge in [-0.3, -0.25) is 0 Å². The maximum atomic E-state index is 13.0. The van der Waals surface area contributed by atoms with Crippen LogP contribution in [0.3, 0.4) is 0 Å². The third kappa shape index (κ3) is 2.83. The molecule has 1 saturated heterocycles. The highest BCUT2D eigenvalue weighted by atomic mass is 19.4.